The van der Waals surface area contributed by atoms with E-state index in [1.165, 1.54) is 0 Å². The van der Waals surface area contributed by atoms with Crippen LogP contribution in [-0.2, 0) is 22.6 Å². The SMILES string of the molecule is CNCc1cccc(NC(=C2C(=O)Nc3cc(Cl)ccc32)c2ccc(CCC(=O)O)cc2)c1. The van der Waals surface area contributed by atoms with Crippen LogP contribution in [0, 0.1) is 0 Å². The Morgan fingerprint density at radius 1 is 1.03 bits per heavy atom. The monoisotopic (exact) mass is 461 g/mol. The van der Waals surface area contributed by atoms with Crippen LogP contribution in [0.1, 0.15) is 28.7 Å². The van der Waals surface area contributed by atoms with Crippen molar-refractivity contribution in [3.05, 3.63) is 94.0 Å². The molecule has 0 aliphatic carbocycles. The second kappa shape index (κ2) is 9.90. The molecule has 33 heavy (non-hydrogen) atoms. The van der Waals surface area contributed by atoms with Crippen LogP contribution in [-0.4, -0.2) is 24.0 Å². The van der Waals surface area contributed by atoms with Gasteiger partial charge in [0, 0.05) is 29.2 Å². The predicted octanol–water partition coefficient (Wildman–Crippen LogP) is 5.01. The Morgan fingerprint density at radius 2 is 1.82 bits per heavy atom. The average Bonchev–Trinajstić information content (AvgIpc) is 3.11. The van der Waals surface area contributed by atoms with Crippen molar-refractivity contribution in [2.75, 3.05) is 17.7 Å². The van der Waals surface area contributed by atoms with E-state index in [1.807, 2.05) is 61.6 Å². The van der Waals surface area contributed by atoms with E-state index in [4.69, 9.17) is 16.7 Å². The molecule has 1 heterocycles. The Labute approximate surface area is 197 Å². The lowest BCUT2D eigenvalue weighted by atomic mass is 9.98. The minimum absolute atomic E-state index is 0.0698. The number of anilines is 2. The topological polar surface area (TPSA) is 90.5 Å². The lowest BCUT2D eigenvalue weighted by Gasteiger charge is -2.16. The molecule has 1 amide bonds. The van der Waals surface area contributed by atoms with Gasteiger partial charge in [0.25, 0.3) is 5.91 Å². The van der Waals surface area contributed by atoms with Gasteiger partial charge in [-0.1, -0.05) is 54.1 Å². The number of aryl methyl sites for hydroxylation is 1. The fourth-order valence-electron chi connectivity index (χ4n) is 3.87. The van der Waals surface area contributed by atoms with Gasteiger partial charge in [0.2, 0.25) is 0 Å². The molecule has 4 rings (SSSR count). The fourth-order valence-corrected chi connectivity index (χ4v) is 4.04. The van der Waals surface area contributed by atoms with Gasteiger partial charge in [0.05, 0.1) is 17.0 Å². The van der Waals surface area contributed by atoms with Gasteiger partial charge in [0.15, 0.2) is 0 Å². The van der Waals surface area contributed by atoms with Crippen LogP contribution in [0.15, 0.2) is 66.7 Å². The number of carbonyl (C=O) groups is 2. The molecule has 168 valence electrons. The van der Waals surface area contributed by atoms with Crippen molar-refractivity contribution in [2.24, 2.45) is 0 Å². The normalized spacial score (nSPS) is 13.9. The van der Waals surface area contributed by atoms with Crippen molar-refractivity contribution < 1.29 is 14.7 Å². The molecule has 0 fully saturated rings. The third-order valence-electron chi connectivity index (χ3n) is 5.42. The van der Waals surface area contributed by atoms with Crippen molar-refractivity contribution in [3.8, 4) is 0 Å². The van der Waals surface area contributed by atoms with Crippen LogP contribution < -0.4 is 16.0 Å². The summed E-state index contributed by atoms with van der Waals surface area (Å²) in [5, 5.41) is 19.0. The lowest BCUT2D eigenvalue weighted by Crippen LogP contribution is -2.11. The summed E-state index contributed by atoms with van der Waals surface area (Å²) in [6.07, 6.45) is 0.517. The van der Waals surface area contributed by atoms with Crippen LogP contribution in [0.4, 0.5) is 11.4 Å². The predicted molar refractivity (Wildman–Crippen MR) is 132 cm³/mol. The third kappa shape index (κ3) is 5.25. The van der Waals surface area contributed by atoms with E-state index >= 15 is 0 Å². The molecular weight excluding hydrogens is 438 g/mol. The summed E-state index contributed by atoms with van der Waals surface area (Å²) in [5.74, 6) is -1.04. The second-order valence-corrected chi connectivity index (χ2v) is 8.28. The number of carboxylic acid groups (broad SMARTS) is 1. The Kier molecular flexibility index (Phi) is 6.77. The van der Waals surface area contributed by atoms with E-state index in [2.05, 4.69) is 16.0 Å². The molecule has 0 unspecified atom stereocenters. The number of halogens is 1. The van der Waals surface area contributed by atoms with Crippen LogP contribution in [0.5, 0.6) is 0 Å². The highest BCUT2D eigenvalue weighted by molar-refractivity contribution is 6.38. The zero-order valence-corrected chi connectivity index (χ0v) is 18.9. The van der Waals surface area contributed by atoms with Gasteiger partial charge in [-0.15, -0.1) is 0 Å². The number of amides is 1. The molecule has 0 radical (unpaired) electrons. The second-order valence-electron chi connectivity index (χ2n) is 7.84. The first-order valence-electron chi connectivity index (χ1n) is 10.6. The first-order valence-corrected chi connectivity index (χ1v) is 11.0. The number of rotatable bonds is 8. The van der Waals surface area contributed by atoms with E-state index in [0.29, 0.717) is 28.4 Å². The highest BCUT2D eigenvalue weighted by atomic mass is 35.5. The minimum Gasteiger partial charge on any atom is -0.481 e. The Morgan fingerprint density at radius 3 is 2.55 bits per heavy atom. The molecule has 7 heteroatoms. The highest BCUT2D eigenvalue weighted by Crippen LogP contribution is 2.38. The standard InChI is InChI=1S/C26H24ClN3O3/c1-28-15-17-3-2-4-20(13-17)29-25(18-8-5-16(6-9-18)7-12-23(31)32)24-21-11-10-19(27)14-22(21)30-26(24)33/h2-6,8-11,13-14,28-29H,7,12,15H2,1H3,(H,30,33)(H,31,32). The molecule has 0 bridgehead atoms. The molecule has 0 atom stereocenters. The quantitative estimate of drug-likeness (QED) is 0.354. The van der Waals surface area contributed by atoms with E-state index in [0.717, 1.165) is 34.5 Å². The van der Waals surface area contributed by atoms with Gasteiger partial charge in [-0.25, -0.2) is 0 Å². The molecule has 3 aromatic carbocycles. The fraction of sp³-hybridized carbons (Fsp3) is 0.154. The van der Waals surface area contributed by atoms with Crippen LogP contribution in [0.2, 0.25) is 5.02 Å². The molecule has 4 N–H and O–H groups in total. The number of aliphatic carboxylic acids is 1. The summed E-state index contributed by atoms with van der Waals surface area (Å²) in [4.78, 5) is 23.9. The number of nitrogens with one attached hydrogen (secondary N) is 3. The van der Waals surface area contributed by atoms with E-state index < -0.39 is 5.97 Å². The first kappa shape index (κ1) is 22.6. The molecule has 1 aliphatic heterocycles. The van der Waals surface area contributed by atoms with Gasteiger partial charge in [-0.2, -0.15) is 0 Å². The highest BCUT2D eigenvalue weighted by Gasteiger charge is 2.28. The van der Waals surface area contributed by atoms with Crippen molar-refractivity contribution >= 4 is 46.1 Å². The third-order valence-corrected chi connectivity index (χ3v) is 5.66. The maximum Gasteiger partial charge on any atom is 0.303 e. The Hall–Kier alpha value is -3.61. The van der Waals surface area contributed by atoms with Gasteiger partial charge >= 0.3 is 5.97 Å². The van der Waals surface area contributed by atoms with E-state index in [9.17, 15) is 9.59 Å². The molecule has 3 aromatic rings. The average molecular weight is 462 g/mol. The van der Waals surface area contributed by atoms with E-state index in [-0.39, 0.29) is 12.3 Å². The van der Waals surface area contributed by atoms with Crippen molar-refractivity contribution in [3.63, 3.8) is 0 Å². The molecule has 0 spiro atoms. The molecule has 1 aliphatic rings. The lowest BCUT2D eigenvalue weighted by molar-refractivity contribution is -0.137. The summed E-state index contributed by atoms with van der Waals surface area (Å²) >= 11 is 6.13. The number of carbonyl (C=O) groups excluding carboxylic acids is 1. The zero-order valence-electron chi connectivity index (χ0n) is 18.1. The Balaban J connectivity index is 1.78. The molecule has 0 saturated carbocycles. The van der Waals surface area contributed by atoms with Crippen LogP contribution in [0.3, 0.4) is 0 Å². The summed E-state index contributed by atoms with van der Waals surface area (Å²) < 4.78 is 0. The maximum atomic E-state index is 13.0. The van der Waals surface area contributed by atoms with Gasteiger partial charge < -0.3 is 21.1 Å². The summed E-state index contributed by atoms with van der Waals surface area (Å²) in [5.41, 5.74) is 6.34. The number of carboxylic acids is 1. The maximum absolute atomic E-state index is 13.0. The van der Waals surface area contributed by atoms with Gasteiger partial charge in [-0.3, -0.25) is 9.59 Å². The van der Waals surface area contributed by atoms with Gasteiger partial charge in [-0.05, 0) is 54.4 Å². The number of hydrogen-bond donors (Lipinski definition) is 4. The summed E-state index contributed by atoms with van der Waals surface area (Å²) in [6, 6.07) is 20.9. The molecule has 6 nitrogen and oxygen atoms in total. The summed E-state index contributed by atoms with van der Waals surface area (Å²) in [7, 11) is 1.89. The minimum atomic E-state index is -0.831. The smallest absolute Gasteiger partial charge is 0.303 e. The van der Waals surface area contributed by atoms with Crippen molar-refractivity contribution in [1.82, 2.24) is 5.32 Å². The summed E-state index contributed by atoms with van der Waals surface area (Å²) in [6.45, 7) is 0.724. The van der Waals surface area contributed by atoms with E-state index in [1.54, 1.807) is 12.1 Å². The number of hydrogen-bond acceptors (Lipinski definition) is 4. The number of fused-ring (bicyclic) bond motifs is 1. The van der Waals surface area contributed by atoms with Crippen LogP contribution in [0.25, 0.3) is 11.3 Å². The molecular formula is C26H24ClN3O3. The molecule has 0 aromatic heterocycles. The number of benzene rings is 3. The van der Waals surface area contributed by atoms with Gasteiger partial charge in [0.1, 0.15) is 0 Å². The zero-order chi connectivity index (χ0) is 23.4. The molecule has 0 saturated heterocycles. The Bertz CT molecular complexity index is 1240. The van der Waals surface area contributed by atoms with Crippen LogP contribution >= 0.6 is 11.6 Å². The van der Waals surface area contributed by atoms with Crippen molar-refractivity contribution in [2.45, 2.75) is 19.4 Å². The van der Waals surface area contributed by atoms with Crippen molar-refractivity contribution in [1.29, 1.82) is 0 Å². The largest absolute Gasteiger partial charge is 0.481 e. The first-order chi connectivity index (χ1) is 15.9.